The number of aliphatic hydroxyl groups is 1. The minimum atomic E-state index is -0.203. The third-order valence-corrected chi connectivity index (χ3v) is 2.37. The summed E-state index contributed by atoms with van der Waals surface area (Å²) in [6, 6.07) is 0. The Bertz CT molecular complexity index is 166. The van der Waals surface area contributed by atoms with Crippen LogP contribution in [0.1, 0.15) is 45.4 Å². The van der Waals surface area contributed by atoms with Crippen molar-refractivity contribution in [2.45, 2.75) is 57.7 Å². The lowest BCUT2D eigenvalue weighted by atomic mass is 10.1. The second-order valence-corrected chi connectivity index (χ2v) is 3.78. The smallest absolute Gasteiger partial charge is 0.306 e. The van der Waals surface area contributed by atoms with Crippen molar-refractivity contribution in [2.75, 3.05) is 0 Å². The highest BCUT2D eigenvalue weighted by molar-refractivity contribution is 5.71. The molecule has 1 aliphatic rings. The van der Waals surface area contributed by atoms with Crippen LogP contribution in [0.3, 0.4) is 0 Å². The second kappa shape index (κ2) is 5.22. The Morgan fingerprint density at radius 1 is 1.62 bits per heavy atom. The highest BCUT2D eigenvalue weighted by Gasteiger charge is 2.22. The summed E-state index contributed by atoms with van der Waals surface area (Å²) >= 11 is 0. The molecule has 0 spiro atoms. The van der Waals surface area contributed by atoms with Crippen LogP contribution >= 0.6 is 0 Å². The molecule has 1 fully saturated rings. The Hall–Kier alpha value is -0.570. The molecule has 1 N–H and O–H groups in total. The fraction of sp³-hybridized carbons (Fsp3) is 0.900. The summed E-state index contributed by atoms with van der Waals surface area (Å²) in [4.78, 5) is 10.7. The predicted octanol–water partition coefficient (Wildman–Crippen LogP) is 1.63. The van der Waals surface area contributed by atoms with Gasteiger partial charge in [-0.15, -0.1) is 0 Å². The van der Waals surface area contributed by atoms with Crippen LogP contribution < -0.4 is 0 Å². The summed E-state index contributed by atoms with van der Waals surface area (Å²) in [5.74, 6) is -0.0551. The van der Waals surface area contributed by atoms with E-state index in [-0.39, 0.29) is 18.2 Å². The molecule has 0 aromatic carbocycles. The molecule has 3 nitrogen and oxygen atoms in total. The lowest BCUT2D eigenvalue weighted by Crippen LogP contribution is -2.07. The maximum absolute atomic E-state index is 10.7. The van der Waals surface area contributed by atoms with Gasteiger partial charge >= 0.3 is 5.97 Å². The molecule has 1 heterocycles. The van der Waals surface area contributed by atoms with Gasteiger partial charge in [-0.05, 0) is 32.6 Å². The number of unbranched alkanes of at least 4 members (excludes halogenated alkanes) is 1. The van der Waals surface area contributed by atoms with Crippen LogP contribution in [0.2, 0.25) is 0 Å². The maximum atomic E-state index is 10.7. The van der Waals surface area contributed by atoms with Crippen LogP contribution in [0.15, 0.2) is 0 Å². The molecule has 0 amide bonds. The summed E-state index contributed by atoms with van der Waals surface area (Å²) in [7, 11) is 0. The first kappa shape index (κ1) is 10.5. The van der Waals surface area contributed by atoms with Gasteiger partial charge in [-0.3, -0.25) is 4.79 Å². The molecular weight excluding hydrogens is 168 g/mol. The van der Waals surface area contributed by atoms with E-state index in [0.29, 0.717) is 6.42 Å². The van der Waals surface area contributed by atoms with Crippen LogP contribution in [0.5, 0.6) is 0 Å². The van der Waals surface area contributed by atoms with E-state index in [4.69, 9.17) is 9.84 Å². The van der Waals surface area contributed by atoms with Gasteiger partial charge in [-0.2, -0.15) is 0 Å². The normalized spacial score (nSPS) is 24.5. The van der Waals surface area contributed by atoms with E-state index < -0.39 is 0 Å². The Morgan fingerprint density at radius 2 is 2.38 bits per heavy atom. The quantitative estimate of drug-likeness (QED) is 0.524. The van der Waals surface area contributed by atoms with Crippen LogP contribution in [-0.4, -0.2) is 23.3 Å². The first-order valence-corrected chi connectivity index (χ1v) is 5.06. The molecule has 2 unspecified atom stereocenters. The second-order valence-electron chi connectivity index (χ2n) is 3.78. The summed E-state index contributed by atoms with van der Waals surface area (Å²) in [5, 5.41) is 9.00. The van der Waals surface area contributed by atoms with Gasteiger partial charge in [0.25, 0.3) is 0 Å². The monoisotopic (exact) mass is 186 g/mol. The zero-order valence-electron chi connectivity index (χ0n) is 8.16. The molecule has 2 atom stereocenters. The van der Waals surface area contributed by atoms with Gasteiger partial charge in [0.15, 0.2) is 0 Å². The summed E-state index contributed by atoms with van der Waals surface area (Å²) in [6.45, 7) is 1.80. The Kier molecular flexibility index (Phi) is 4.22. The number of esters is 1. The number of aliphatic hydroxyl groups excluding tert-OH is 1. The fourth-order valence-electron chi connectivity index (χ4n) is 1.60. The summed E-state index contributed by atoms with van der Waals surface area (Å²) < 4.78 is 5.07. The molecule has 76 valence electrons. The van der Waals surface area contributed by atoms with E-state index in [1.807, 2.05) is 0 Å². The number of carbonyl (C=O) groups is 1. The van der Waals surface area contributed by atoms with Gasteiger partial charge < -0.3 is 9.84 Å². The van der Waals surface area contributed by atoms with Gasteiger partial charge in [-0.25, -0.2) is 0 Å². The van der Waals surface area contributed by atoms with Crippen molar-refractivity contribution in [3.63, 3.8) is 0 Å². The molecule has 3 heteroatoms. The van der Waals surface area contributed by atoms with Crippen LogP contribution in [0.25, 0.3) is 0 Å². The van der Waals surface area contributed by atoms with Crippen molar-refractivity contribution in [3.05, 3.63) is 0 Å². The average Bonchev–Trinajstić information content (AvgIpc) is 2.45. The number of hydrogen-bond acceptors (Lipinski definition) is 3. The van der Waals surface area contributed by atoms with Crippen LogP contribution in [-0.2, 0) is 9.53 Å². The number of carbonyl (C=O) groups excluding carboxylic acids is 1. The number of cyclic esters (lactones) is 1. The fourth-order valence-corrected chi connectivity index (χ4v) is 1.60. The van der Waals surface area contributed by atoms with Crippen molar-refractivity contribution in [3.8, 4) is 0 Å². The SMILES string of the molecule is CC(O)CCCCC1CCC(=O)O1. The molecule has 13 heavy (non-hydrogen) atoms. The molecule has 0 radical (unpaired) electrons. The zero-order valence-corrected chi connectivity index (χ0v) is 8.16. The lowest BCUT2D eigenvalue weighted by Gasteiger charge is -2.08. The third-order valence-electron chi connectivity index (χ3n) is 2.37. The van der Waals surface area contributed by atoms with Gasteiger partial charge in [0.2, 0.25) is 0 Å². The number of ether oxygens (including phenoxy) is 1. The lowest BCUT2D eigenvalue weighted by molar-refractivity contribution is -0.141. The molecule has 0 aromatic heterocycles. The molecule has 0 aromatic rings. The molecule has 0 bridgehead atoms. The number of rotatable bonds is 5. The first-order valence-electron chi connectivity index (χ1n) is 5.06. The Morgan fingerprint density at radius 3 is 2.92 bits per heavy atom. The van der Waals surface area contributed by atoms with Crippen molar-refractivity contribution >= 4 is 5.97 Å². The Labute approximate surface area is 79.1 Å². The Balaban J connectivity index is 1.97. The van der Waals surface area contributed by atoms with E-state index in [2.05, 4.69) is 0 Å². The van der Waals surface area contributed by atoms with Gasteiger partial charge in [0.1, 0.15) is 6.10 Å². The van der Waals surface area contributed by atoms with Crippen molar-refractivity contribution in [1.82, 2.24) is 0 Å². The third kappa shape index (κ3) is 4.27. The van der Waals surface area contributed by atoms with Gasteiger partial charge in [0.05, 0.1) is 6.10 Å². The average molecular weight is 186 g/mol. The first-order chi connectivity index (χ1) is 6.18. The van der Waals surface area contributed by atoms with E-state index in [1.54, 1.807) is 6.92 Å². The standard InChI is InChI=1S/C10H18O3/c1-8(11)4-2-3-5-9-6-7-10(12)13-9/h8-9,11H,2-7H2,1H3. The zero-order chi connectivity index (χ0) is 9.68. The van der Waals surface area contributed by atoms with E-state index in [9.17, 15) is 4.79 Å². The molecule has 1 aliphatic heterocycles. The van der Waals surface area contributed by atoms with E-state index in [0.717, 1.165) is 32.1 Å². The molecule has 0 aliphatic carbocycles. The van der Waals surface area contributed by atoms with Crippen LogP contribution in [0.4, 0.5) is 0 Å². The topological polar surface area (TPSA) is 46.5 Å². The minimum absolute atomic E-state index is 0.0551. The predicted molar refractivity (Wildman–Crippen MR) is 49.3 cm³/mol. The van der Waals surface area contributed by atoms with Crippen molar-refractivity contribution < 1.29 is 14.6 Å². The van der Waals surface area contributed by atoms with E-state index in [1.165, 1.54) is 0 Å². The van der Waals surface area contributed by atoms with Gasteiger partial charge in [-0.1, -0.05) is 6.42 Å². The highest BCUT2D eigenvalue weighted by Crippen LogP contribution is 2.19. The molecule has 1 rings (SSSR count). The van der Waals surface area contributed by atoms with E-state index >= 15 is 0 Å². The summed E-state index contributed by atoms with van der Waals surface area (Å²) in [6.07, 6.45) is 5.29. The summed E-state index contributed by atoms with van der Waals surface area (Å²) in [5.41, 5.74) is 0. The molecule has 1 saturated heterocycles. The number of hydrogen-bond donors (Lipinski definition) is 1. The molecular formula is C10H18O3. The van der Waals surface area contributed by atoms with Crippen LogP contribution in [0, 0.1) is 0 Å². The van der Waals surface area contributed by atoms with Gasteiger partial charge in [0, 0.05) is 6.42 Å². The largest absolute Gasteiger partial charge is 0.462 e. The molecule has 0 saturated carbocycles. The minimum Gasteiger partial charge on any atom is -0.462 e. The maximum Gasteiger partial charge on any atom is 0.306 e. The highest BCUT2D eigenvalue weighted by atomic mass is 16.5. The van der Waals surface area contributed by atoms with Crippen molar-refractivity contribution in [2.24, 2.45) is 0 Å². The van der Waals surface area contributed by atoms with Crippen molar-refractivity contribution in [1.29, 1.82) is 0 Å².